The van der Waals surface area contributed by atoms with Crippen LogP contribution in [0.1, 0.15) is 34.0 Å². The molecule has 0 unspecified atom stereocenters. The molecule has 0 bridgehead atoms. The Morgan fingerprint density at radius 2 is 1.31 bits per heavy atom. The maximum Gasteiger partial charge on any atom is 0.00433 e. The Bertz CT molecular complexity index is 350. The Morgan fingerprint density at radius 3 is 1.44 bits per heavy atom. The van der Waals surface area contributed by atoms with Crippen molar-refractivity contribution in [3.8, 4) is 0 Å². The van der Waals surface area contributed by atoms with E-state index in [2.05, 4.69) is 51.3 Å². The van der Waals surface area contributed by atoms with Gasteiger partial charge >= 0.3 is 0 Å². The predicted molar refractivity (Wildman–Crippen MR) is 78.9 cm³/mol. The first kappa shape index (κ1) is 15.4. The third kappa shape index (κ3) is 6.09. The van der Waals surface area contributed by atoms with Crippen LogP contribution < -0.4 is 0 Å². The van der Waals surface area contributed by atoms with E-state index in [4.69, 9.17) is 0 Å². The number of thiophene rings is 2. The summed E-state index contributed by atoms with van der Waals surface area (Å²) >= 11 is 3.65. The van der Waals surface area contributed by atoms with E-state index in [0.29, 0.717) is 0 Å². The normalized spacial score (nSPS) is 8.62. The highest BCUT2D eigenvalue weighted by Gasteiger charge is 1.87. The first-order chi connectivity index (χ1) is 7.59. The first-order valence-corrected chi connectivity index (χ1v) is 7.33. The minimum absolute atomic E-state index is 1.40. The molecule has 2 aromatic rings. The second kappa shape index (κ2) is 8.54. The molecule has 0 aromatic carbocycles. The zero-order valence-electron chi connectivity index (χ0n) is 11.1. The standard InChI is InChI=1S/2C6H8S.C2H6/c1-5-3-4-7-6(5)2;1-5-3-4-6(2)7-5;1-2/h2*3-4H,1-2H3;1-2H3. The lowest BCUT2D eigenvalue weighted by Crippen LogP contribution is -1.61. The maximum atomic E-state index is 2.14. The molecule has 0 N–H and O–H groups in total. The Morgan fingerprint density at radius 1 is 0.812 bits per heavy atom. The Balaban J connectivity index is 0.000000244. The van der Waals surface area contributed by atoms with Crippen LogP contribution in [0.25, 0.3) is 0 Å². The van der Waals surface area contributed by atoms with Gasteiger partial charge in [-0.15, -0.1) is 22.7 Å². The largest absolute Gasteiger partial charge is 0.149 e. The smallest absolute Gasteiger partial charge is 0.00433 e. The molecule has 2 heteroatoms. The Hall–Kier alpha value is -0.600. The average molecular weight is 254 g/mol. The molecule has 0 atom stereocenters. The molecule has 2 rings (SSSR count). The number of aryl methyl sites for hydroxylation is 4. The van der Waals surface area contributed by atoms with Crippen LogP contribution in [0.5, 0.6) is 0 Å². The summed E-state index contributed by atoms with van der Waals surface area (Å²) < 4.78 is 0. The quantitative estimate of drug-likeness (QED) is 0.561. The van der Waals surface area contributed by atoms with Gasteiger partial charge in [0.2, 0.25) is 0 Å². The molecule has 0 aliphatic carbocycles. The predicted octanol–water partition coefficient (Wildman–Crippen LogP) is 5.76. The molecule has 0 aliphatic rings. The van der Waals surface area contributed by atoms with Gasteiger partial charge in [0.1, 0.15) is 0 Å². The van der Waals surface area contributed by atoms with Crippen LogP contribution in [-0.4, -0.2) is 0 Å². The van der Waals surface area contributed by atoms with Gasteiger partial charge < -0.3 is 0 Å². The van der Waals surface area contributed by atoms with E-state index in [1.807, 2.05) is 25.2 Å². The van der Waals surface area contributed by atoms with Crippen molar-refractivity contribution in [3.63, 3.8) is 0 Å². The van der Waals surface area contributed by atoms with E-state index in [9.17, 15) is 0 Å². The molecular weight excluding hydrogens is 232 g/mol. The lowest BCUT2D eigenvalue weighted by molar-refractivity contribution is 1.44. The molecule has 0 saturated carbocycles. The van der Waals surface area contributed by atoms with Crippen LogP contribution in [-0.2, 0) is 0 Å². The summed E-state index contributed by atoms with van der Waals surface area (Å²) in [5.41, 5.74) is 1.41. The topological polar surface area (TPSA) is 0 Å². The SMILES string of the molecule is CC.Cc1ccc(C)s1.Cc1ccsc1C. The Labute approximate surface area is 108 Å². The summed E-state index contributed by atoms with van der Waals surface area (Å²) in [6.07, 6.45) is 0. The van der Waals surface area contributed by atoms with Crippen LogP contribution in [0, 0.1) is 27.7 Å². The monoisotopic (exact) mass is 254 g/mol. The lowest BCUT2D eigenvalue weighted by atomic mass is 10.3. The van der Waals surface area contributed by atoms with Crippen molar-refractivity contribution in [3.05, 3.63) is 43.8 Å². The molecule has 16 heavy (non-hydrogen) atoms. The van der Waals surface area contributed by atoms with Crippen LogP contribution in [0.4, 0.5) is 0 Å². The summed E-state index contributed by atoms with van der Waals surface area (Å²) in [5, 5.41) is 2.12. The van der Waals surface area contributed by atoms with Crippen molar-refractivity contribution >= 4 is 22.7 Å². The van der Waals surface area contributed by atoms with Gasteiger partial charge in [-0.25, -0.2) is 0 Å². The molecular formula is C14H22S2. The van der Waals surface area contributed by atoms with Crippen LogP contribution in [0.15, 0.2) is 23.6 Å². The second-order valence-corrected chi connectivity index (χ2v) is 5.93. The molecule has 0 nitrogen and oxygen atoms in total. The van der Waals surface area contributed by atoms with Crippen molar-refractivity contribution in [2.75, 3.05) is 0 Å². The number of rotatable bonds is 0. The summed E-state index contributed by atoms with van der Waals surface area (Å²) in [5.74, 6) is 0. The molecule has 0 amide bonds. The molecule has 2 aromatic heterocycles. The summed E-state index contributed by atoms with van der Waals surface area (Å²) in [4.78, 5) is 4.23. The van der Waals surface area contributed by atoms with Crippen molar-refractivity contribution in [1.29, 1.82) is 0 Å². The minimum atomic E-state index is 1.40. The molecule has 0 fully saturated rings. The number of hydrogen-bond donors (Lipinski definition) is 0. The third-order valence-corrected chi connectivity index (χ3v) is 3.86. The minimum Gasteiger partial charge on any atom is -0.149 e. The second-order valence-electron chi connectivity index (χ2n) is 3.32. The zero-order valence-corrected chi connectivity index (χ0v) is 12.8. The lowest BCUT2D eigenvalue weighted by Gasteiger charge is -1.79. The van der Waals surface area contributed by atoms with E-state index in [1.54, 1.807) is 11.3 Å². The highest BCUT2D eigenvalue weighted by atomic mass is 32.1. The van der Waals surface area contributed by atoms with Crippen molar-refractivity contribution in [2.45, 2.75) is 41.5 Å². The summed E-state index contributed by atoms with van der Waals surface area (Å²) in [6, 6.07) is 6.42. The average Bonchev–Trinajstić information content (AvgIpc) is 2.81. The van der Waals surface area contributed by atoms with Crippen LogP contribution in [0.3, 0.4) is 0 Å². The van der Waals surface area contributed by atoms with E-state index < -0.39 is 0 Å². The first-order valence-electron chi connectivity index (χ1n) is 5.63. The van der Waals surface area contributed by atoms with Crippen molar-refractivity contribution < 1.29 is 0 Å². The van der Waals surface area contributed by atoms with E-state index >= 15 is 0 Å². The molecule has 0 saturated heterocycles. The highest BCUT2D eigenvalue weighted by molar-refractivity contribution is 7.11. The van der Waals surface area contributed by atoms with Gasteiger partial charge in [-0.05, 0) is 56.8 Å². The highest BCUT2D eigenvalue weighted by Crippen LogP contribution is 2.12. The molecule has 90 valence electrons. The molecule has 0 aliphatic heterocycles. The summed E-state index contributed by atoms with van der Waals surface area (Å²) in [6.45, 7) is 12.5. The van der Waals surface area contributed by atoms with Gasteiger partial charge in [0, 0.05) is 14.6 Å². The van der Waals surface area contributed by atoms with E-state index in [-0.39, 0.29) is 0 Å². The van der Waals surface area contributed by atoms with Gasteiger partial charge in [-0.2, -0.15) is 0 Å². The van der Waals surface area contributed by atoms with Crippen molar-refractivity contribution in [1.82, 2.24) is 0 Å². The van der Waals surface area contributed by atoms with Crippen LogP contribution >= 0.6 is 22.7 Å². The van der Waals surface area contributed by atoms with Gasteiger partial charge in [-0.1, -0.05) is 13.8 Å². The molecule has 0 spiro atoms. The van der Waals surface area contributed by atoms with E-state index in [0.717, 1.165) is 0 Å². The van der Waals surface area contributed by atoms with Gasteiger partial charge in [0.15, 0.2) is 0 Å². The molecule has 2 heterocycles. The van der Waals surface area contributed by atoms with Crippen LogP contribution in [0.2, 0.25) is 0 Å². The summed E-state index contributed by atoms with van der Waals surface area (Å²) in [7, 11) is 0. The van der Waals surface area contributed by atoms with Gasteiger partial charge in [0.05, 0.1) is 0 Å². The fraction of sp³-hybridized carbons (Fsp3) is 0.429. The Kier molecular flexibility index (Phi) is 8.22. The fourth-order valence-corrected chi connectivity index (χ4v) is 2.52. The molecule has 0 radical (unpaired) electrons. The zero-order chi connectivity index (χ0) is 12.6. The number of hydrogen-bond acceptors (Lipinski definition) is 2. The van der Waals surface area contributed by atoms with Crippen molar-refractivity contribution in [2.24, 2.45) is 0 Å². The maximum absolute atomic E-state index is 2.14. The third-order valence-electron chi connectivity index (χ3n) is 1.99. The van der Waals surface area contributed by atoms with Gasteiger partial charge in [-0.3, -0.25) is 0 Å². The van der Waals surface area contributed by atoms with E-state index in [1.165, 1.54) is 20.2 Å². The van der Waals surface area contributed by atoms with Gasteiger partial charge in [0.25, 0.3) is 0 Å². The fourth-order valence-electron chi connectivity index (χ4n) is 1.01.